The predicted octanol–water partition coefficient (Wildman–Crippen LogP) is 4.56. The maximum absolute atomic E-state index is 13.7. The molecule has 7 nitrogen and oxygen atoms in total. The Kier molecular flexibility index (Phi) is 4.54. The lowest BCUT2D eigenvalue weighted by Crippen LogP contribution is -2.42. The molecular weight excluding hydrogens is 409 g/mol. The first-order valence-electron chi connectivity index (χ1n) is 10.4. The zero-order valence-corrected chi connectivity index (χ0v) is 18.3. The number of ether oxygens (including phenoxy) is 1. The van der Waals surface area contributed by atoms with Gasteiger partial charge in [-0.25, -0.2) is 18.9 Å². The van der Waals surface area contributed by atoms with Crippen molar-refractivity contribution in [3.8, 4) is 5.75 Å². The van der Waals surface area contributed by atoms with E-state index in [9.17, 15) is 9.18 Å². The molecule has 0 saturated carbocycles. The number of carbonyl (C=O) groups excluding carboxylic acids is 1. The summed E-state index contributed by atoms with van der Waals surface area (Å²) < 4.78 is 21.0. The van der Waals surface area contributed by atoms with Gasteiger partial charge in [0.25, 0.3) is 0 Å². The van der Waals surface area contributed by atoms with Crippen LogP contribution in [0.3, 0.4) is 0 Å². The number of hydrogen-bond donors (Lipinski definition) is 1. The third kappa shape index (κ3) is 3.14. The van der Waals surface area contributed by atoms with Crippen LogP contribution in [0.5, 0.6) is 5.75 Å². The van der Waals surface area contributed by atoms with E-state index in [0.29, 0.717) is 23.1 Å². The number of hydrogen-bond acceptors (Lipinski definition) is 4. The highest BCUT2D eigenvalue weighted by Crippen LogP contribution is 2.45. The topological polar surface area (TPSA) is 71.8 Å². The van der Waals surface area contributed by atoms with Gasteiger partial charge in [-0.3, -0.25) is 10.2 Å². The van der Waals surface area contributed by atoms with Crippen LogP contribution < -0.4 is 15.0 Å². The van der Waals surface area contributed by atoms with Crippen LogP contribution >= 0.6 is 0 Å². The van der Waals surface area contributed by atoms with E-state index in [1.54, 1.807) is 30.3 Å². The minimum atomic E-state index is -0.426. The zero-order chi connectivity index (χ0) is 22.6. The van der Waals surface area contributed by atoms with E-state index in [2.05, 4.69) is 31.2 Å². The van der Waals surface area contributed by atoms with E-state index < -0.39 is 6.04 Å². The molecule has 3 aromatic rings. The van der Waals surface area contributed by atoms with Gasteiger partial charge < -0.3 is 4.74 Å². The highest BCUT2D eigenvalue weighted by Gasteiger charge is 2.48. The number of carbonyl (C=O) groups is 1. The lowest BCUT2D eigenvalue weighted by atomic mass is 9.83. The summed E-state index contributed by atoms with van der Waals surface area (Å²) in [5.41, 5.74) is 2.16. The predicted molar refractivity (Wildman–Crippen MR) is 120 cm³/mol. The zero-order valence-electron chi connectivity index (χ0n) is 18.3. The average Bonchev–Trinajstić information content (AvgIpc) is 3.33. The number of amides is 2. The molecule has 2 aliphatic heterocycles. The van der Waals surface area contributed by atoms with Gasteiger partial charge in [-0.2, -0.15) is 5.10 Å². The maximum Gasteiger partial charge on any atom is 0.328 e. The standard InChI is InChI=1S/C24H24FN5O2/c1-24(2,3)30-22-18(13-26-30)19(14-8-10-15(25)11-9-14)20-21(27-22)28-23(31)29(20)16-6-5-7-17(12-16)32-4/h5-13,19-20H,1-4H3,(H,27,28,31)/t19-,20-/m0/s1. The summed E-state index contributed by atoms with van der Waals surface area (Å²) in [6.45, 7) is 6.15. The van der Waals surface area contributed by atoms with Gasteiger partial charge >= 0.3 is 6.03 Å². The number of anilines is 1. The fourth-order valence-electron chi connectivity index (χ4n) is 4.42. The molecule has 3 heterocycles. The third-order valence-electron chi connectivity index (χ3n) is 5.86. The Morgan fingerprint density at radius 3 is 2.56 bits per heavy atom. The van der Waals surface area contributed by atoms with Crippen LogP contribution in [0.4, 0.5) is 20.7 Å². The summed E-state index contributed by atoms with van der Waals surface area (Å²) in [5, 5.41) is 7.56. The minimum absolute atomic E-state index is 0.269. The Hall–Kier alpha value is -3.68. The Morgan fingerprint density at radius 2 is 1.88 bits per heavy atom. The van der Waals surface area contributed by atoms with Crippen molar-refractivity contribution >= 4 is 23.4 Å². The number of aliphatic imine (C=N–C) groups is 1. The van der Waals surface area contributed by atoms with Gasteiger partial charge in [0.2, 0.25) is 0 Å². The number of nitrogens with one attached hydrogen (secondary N) is 1. The molecule has 2 atom stereocenters. The van der Waals surface area contributed by atoms with E-state index in [4.69, 9.17) is 9.73 Å². The van der Waals surface area contributed by atoms with Crippen molar-refractivity contribution in [1.29, 1.82) is 0 Å². The van der Waals surface area contributed by atoms with Gasteiger partial charge in [-0.1, -0.05) is 18.2 Å². The van der Waals surface area contributed by atoms with Gasteiger partial charge in [-0.15, -0.1) is 0 Å². The van der Waals surface area contributed by atoms with Gasteiger partial charge in [0.05, 0.1) is 18.8 Å². The number of benzene rings is 2. The molecule has 2 aromatic carbocycles. The fraction of sp³-hybridized carbons (Fsp3) is 0.292. The smallest absolute Gasteiger partial charge is 0.328 e. The molecule has 1 aromatic heterocycles. The number of halogens is 1. The van der Waals surface area contributed by atoms with Crippen LogP contribution in [0.15, 0.2) is 59.7 Å². The molecule has 0 radical (unpaired) electrons. The van der Waals surface area contributed by atoms with Crippen LogP contribution in [0, 0.1) is 5.82 Å². The van der Waals surface area contributed by atoms with Crippen LogP contribution in [0.1, 0.15) is 37.8 Å². The monoisotopic (exact) mass is 433 g/mol. The molecule has 1 N–H and O–H groups in total. The van der Waals surface area contributed by atoms with Crippen LogP contribution in [0.25, 0.3) is 0 Å². The lowest BCUT2D eigenvalue weighted by Gasteiger charge is -2.33. The molecule has 8 heteroatoms. The van der Waals surface area contributed by atoms with Crippen molar-refractivity contribution in [2.24, 2.45) is 4.99 Å². The molecule has 2 aliphatic rings. The van der Waals surface area contributed by atoms with E-state index >= 15 is 0 Å². The van der Waals surface area contributed by atoms with Gasteiger partial charge in [0.15, 0.2) is 5.82 Å². The second-order valence-corrected chi connectivity index (χ2v) is 8.98. The highest BCUT2D eigenvalue weighted by atomic mass is 19.1. The summed E-state index contributed by atoms with van der Waals surface area (Å²) in [6, 6.07) is 13.1. The first-order valence-corrected chi connectivity index (χ1v) is 10.4. The van der Waals surface area contributed by atoms with Crippen LogP contribution in [-0.2, 0) is 5.54 Å². The number of nitrogens with zero attached hydrogens (tertiary/aromatic N) is 4. The van der Waals surface area contributed by atoms with Crippen molar-refractivity contribution in [3.63, 3.8) is 0 Å². The average molecular weight is 433 g/mol. The molecule has 0 aliphatic carbocycles. The molecule has 0 spiro atoms. The number of rotatable bonds is 3. The van der Waals surface area contributed by atoms with E-state index in [0.717, 1.165) is 11.1 Å². The maximum atomic E-state index is 13.7. The first kappa shape index (κ1) is 20.2. The Bertz CT molecular complexity index is 1230. The molecule has 0 bridgehead atoms. The van der Waals surface area contributed by atoms with Crippen molar-refractivity contribution in [2.75, 3.05) is 12.0 Å². The molecule has 0 unspecified atom stereocenters. The van der Waals surface area contributed by atoms with Crippen LogP contribution in [-0.4, -0.2) is 34.8 Å². The largest absolute Gasteiger partial charge is 0.497 e. The quantitative estimate of drug-likeness (QED) is 0.658. The summed E-state index contributed by atoms with van der Waals surface area (Å²) in [6.07, 6.45) is 1.81. The number of amidine groups is 1. The van der Waals surface area contributed by atoms with Gasteiger partial charge in [0.1, 0.15) is 23.4 Å². The van der Waals surface area contributed by atoms with Crippen molar-refractivity contribution < 1.29 is 13.9 Å². The molecule has 2 amide bonds. The molecular formula is C24H24FN5O2. The number of aromatic nitrogens is 2. The fourth-order valence-corrected chi connectivity index (χ4v) is 4.42. The molecule has 1 saturated heterocycles. The number of methoxy groups -OCH3 is 1. The van der Waals surface area contributed by atoms with Gasteiger partial charge in [0, 0.05) is 23.2 Å². The summed E-state index contributed by atoms with van der Waals surface area (Å²) >= 11 is 0. The normalized spacial score (nSPS) is 19.8. The summed E-state index contributed by atoms with van der Waals surface area (Å²) in [4.78, 5) is 19.7. The second kappa shape index (κ2) is 7.19. The molecule has 5 rings (SSSR count). The van der Waals surface area contributed by atoms with E-state index in [-0.39, 0.29) is 23.3 Å². The first-order chi connectivity index (χ1) is 15.3. The second-order valence-electron chi connectivity index (χ2n) is 8.98. The number of fused-ring (bicyclic) bond motifs is 2. The Morgan fingerprint density at radius 1 is 1.12 bits per heavy atom. The lowest BCUT2D eigenvalue weighted by molar-refractivity contribution is 0.252. The minimum Gasteiger partial charge on any atom is -0.497 e. The number of urea groups is 1. The molecule has 164 valence electrons. The Balaban J connectivity index is 1.71. The molecule has 1 fully saturated rings. The third-order valence-corrected chi connectivity index (χ3v) is 5.86. The van der Waals surface area contributed by atoms with Crippen LogP contribution in [0.2, 0.25) is 0 Å². The van der Waals surface area contributed by atoms with Gasteiger partial charge in [-0.05, 0) is 50.6 Å². The Labute approximate surface area is 185 Å². The summed E-state index contributed by atoms with van der Waals surface area (Å²) in [5.74, 6) is 1.31. The van der Waals surface area contributed by atoms with Crippen molar-refractivity contribution in [3.05, 3.63) is 71.7 Å². The van der Waals surface area contributed by atoms with Crippen molar-refractivity contribution in [1.82, 2.24) is 15.1 Å². The SMILES string of the molecule is COc1cccc(N2C(=O)NC3=Nc4c(cnn4C(C)(C)C)[C@H](c4ccc(F)cc4)[C@@H]32)c1. The molecule has 32 heavy (non-hydrogen) atoms. The highest BCUT2D eigenvalue weighted by molar-refractivity contribution is 6.18. The van der Waals surface area contributed by atoms with E-state index in [1.165, 1.54) is 12.1 Å². The van der Waals surface area contributed by atoms with E-state index in [1.807, 2.05) is 28.9 Å². The summed E-state index contributed by atoms with van der Waals surface area (Å²) in [7, 11) is 1.59. The van der Waals surface area contributed by atoms with Crippen molar-refractivity contribution in [2.45, 2.75) is 38.3 Å².